The number of hydrogen-bond donors (Lipinski definition) is 0. The van der Waals surface area contributed by atoms with Gasteiger partial charge in [0.15, 0.2) is 0 Å². The van der Waals surface area contributed by atoms with E-state index in [2.05, 4.69) is 137 Å². The Labute approximate surface area is 188 Å². The van der Waals surface area contributed by atoms with Crippen LogP contribution < -0.4 is 0 Å². The van der Waals surface area contributed by atoms with Crippen molar-refractivity contribution in [1.82, 2.24) is 9.34 Å². The van der Waals surface area contributed by atoms with Gasteiger partial charge in [0.1, 0.15) is 0 Å². The van der Waals surface area contributed by atoms with E-state index >= 15 is 0 Å². The Kier molecular flexibility index (Phi) is 9.22. The van der Waals surface area contributed by atoms with E-state index in [-0.39, 0.29) is 10.5 Å². The highest BCUT2D eigenvalue weighted by atomic mass is 32.2. The molecule has 0 saturated carbocycles. The summed E-state index contributed by atoms with van der Waals surface area (Å²) >= 11 is 0. The van der Waals surface area contributed by atoms with Crippen molar-refractivity contribution in [1.29, 1.82) is 0 Å². The summed E-state index contributed by atoms with van der Waals surface area (Å²) < 4.78 is 9.75. The van der Waals surface area contributed by atoms with Crippen molar-refractivity contribution >= 4 is 22.4 Å². The van der Waals surface area contributed by atoms with E-state index in [4.69, 9.17) is 0 Å². The molecule has 0 aliphatic heterocycles. The zero-order chi connectivity index (χ0) is 22.5. The molecule has 0 heterocycles. The highest BCUT2D eigenvalue weighted by Gasteiger charge is 2.35. The molecule has 0 aliphatic rings. The zero-order valence-corrected chi connectivity index (χ0v) is 22.0. The van der Waals surface area contributed by atoms with Crippen LogP contribution in [0.5, 0.6) is 0 Å². The summed E-state index contributed by atoms with van der Waals surface area (Å²) in [5.74, 6) is 0. The fourth-order valence-corrected chi connectivity index (χ4v) is 12.7. The first-order valence-electron chi connectivity index (χ1n) is 11.2. The molecule has 0 aliphatic carbocycles. The fraction of sp³-hybridized carbons (Fsp3) is 0.500. The van der Waals surface area contributed by atoms with Gasteiger partial charge < -0.3 is 0 Å². The SMILES string of the molecule is CC(C)N(C(C)C)P(C)(=C=S(c1ccccc1)c1ccccc1)N(C(C)C)C(C)C. The fourth-order valence-electron chi connectivity index (χ4n) is 4.73. The van der Waals surface area contributed by atoms with Crippen molar-refractivity contribution in [2.75, 3.05) is 6.66 Å². The largest absolute Gasteiger partial charge is 0.261 e. The molecule has 2 aromatic carbocycles. The second kappa shape index (κ2) is 11.0. The lowest BCUT2D eigenvalue weighted by Crippen LogP contribution is -2.45. The van der Waals surface area contributed by atoms with Gasteiger partial charge in [0.2, 0.25) is 0 Å². The van der Waals surface area contributed by atoms with Crippen LogP contribution in [0, 0.1) is 0 Å². The molecule has 166 valence electrons. The van der Waals surface area contributed by atoms with E-state index in [1.54, 1.807) is 0 Å². The van der Waals surface area contributed by atoms with Crippen LogP contribution >= 0.6 is 17.7 Å². The Morgan fingerprint density at radius 3 is 1.17 bits per heavy atom. The number of benzene rings is 2. The Hall–Kier alpha value is -1.08. The van der Waals surface area contributed by atoms with Crippen molar-refractivity contribution in [2.45, 2.75) is 89.3 Å². The molecule has 0 bridgehead atoms. The van der Waals surface area contributed by atoms with E-state index in [1.165, 1.54) is 9.79 Å². The van der Waals surface area contributed by atoms with E-state index in [9.17, 15) is 0 Å². The first kappa shape index (κ1) is 25.2. The lowest BCUT2D eigenvalue weighted by atomic mass is 10.3. The van der Waals surface area contributed by atoms with Crippen LogP contribution in [0.2, 0.25) is 0 Å². The molecule has 0 spiro atoms. The highest BCUT2D eigenvalue weighted by Crippen LogP contribution is 2.56. The maximum absolute atomic E-state index is 4.28. The maximum Gasteiger partial charge on any atom is 0.0612 e. The average Bonchev–Trinajstić information content (AvgIpc) is 2.66. The van der Waals surface area contributed by atoms with Gasteiger partial charge in [-0.25, -0.2) is 0 Å². The molecule has 2 nitrogen and oxygen atoms in total. The topological polar surface area (TPSA) is 6.48 Å². The predicted octanol–water partition coefficient (Wildman–Crippen LogP) is 7.73. The van der Waals surface area contributed by atoms with Crippen LogP contribution in [-0.2, 0) is 0 Å². The second-order valence-electron chi connectivity index (χ2n) is 9.07. The van der Waals surface area contributed by atoms with Gasteiger partial charge in [0.25, 0.3) is 0 Å². The third-order valence-corrected chi connectivity index (χ3v) is 12.5. The van der Waals surface area contributed by atoms with Gasteiger partial charge in [-0.3, -0.25) is 9.34 Å². The highest BCUT2D eigenvalue weighted by molar-refractivity contribution is 8.18. The molecule has 0 aromatic heterocycles. The van der Waals surface area contributed by atoms with Gasteiger partial charge >= 0.3 is 0 Å². The number of nitrogens with zero attached hydrogens (tertiary/aromatic N) is 2. The summed E-state index contributed by atoms with van der Waals surface area (Å²) in [5, 5.41) is 0. The first-order valence-corrected chi connectivity index (χ1v) is 14.5. The van der Waals surface area contributed by atoms with Crippen LogP contribution in [0.4, 0.5) is 0 Å². The summed E-state index contributed by atoms with van der Waals surface area (Å²) in [6.45, 7) is 21.2. The molecule has 30 heavy (non-hydrogen) atoms. The average molecular weight is 445 g/mol. The first-order chi connectivity index (χ1) is 14.1. The number of hydrogen-bond acceptors (Lipinski definition) is 2. The predicted molar refractivity (Wildman–Crippen MR) is 139 cm³/mol. The summed E-state index contributed by atoms with van der Waals surface area (Å²) in [6.07, 6.45) is 0. The zero-order valence-electron chi connectivity index (χ0n) is 20.3. The maximum atomic E-state index is 4.28. The van der Waals surface area contributed by atoms with Crippen LogP contribution in [0.15, 0.2) is 70.5 Å². The second-order valence-corrected chi connectivity index (χ2v) is 14.1. The van der Waals surface area contributed by atoms with Crippen molar-refractivity contribution in [3.05, 3.63) is 60.7 Å². The molecule has 0 radical (unpaired) electrons. The Morgan fingerprint density at radius 2 is 0.900 bits per heavy atom. The van der Waals surface area contributed by atoms with Crippen LogP contribution in [0.1, 0.15) is 55.4 Å². The van der Waals surface area contributed by atoms with Crippen molar-refractivity contribution in [2.24, 2.45) is 0 Å². The van der Waals surface area contributed by atoms with Gasteiger partial charge in [-0.15, -0.1) is 0 Å². The Balaban J connectivity index is 3.05. The third kappa shape index (κ3) is 5.78. The van der Waals surface area contributed by atoms with E-state index < -0.39 is 7.19 Å². The lowest BCUT2D eigenvalue weighted by Gasteiger charge is -2.49. The molecule has 0 unspecified atom stereocenters. The molecule has 0 fully saturated rings. The van der Waals surface area contributed by atoms with Gasteiger partial charge in [-0.2, -0.15) is 0 Å². The molecule has 0 atom stereocenters. The minimum absolute atomic E-state index is 0.212. The van der Waals surface area contributed by atoms with Crippen molar-refractivity contribution in [3.8, 4) is 0 Å². The van der Waals surface area contributed by atoms with Crippen molar-refractivity contribution in [3.63, 3.8) is 0 Å². The van der Waals surface area contributed by atoms with E-state index in [0.717, 1.165) is 0 Å². The molecule has 2 aromatic rings. The summed E-state index contributed by atoms with van der Waals surface area (Å²) in [7, 11) is -2.08. The third-order valence-electron chi connectivity index (χ3n) is 5.24. The summed E-state index contributed by atoms with van der Waals surface area (Å²) in [6, 6.07) is 23.7. The Bertz CT molecular complexity index is 800. The number of rotatable bonds is 8. The quantitative estimate of drug-likeness (QED) is 0.304. The van der Waals surface area contributed by atoms with E-state index in [0.29, 0.717) is 24.2 Å². The molecule has 0 amide bonds. The van der Waals surface area contributed by atoms with Gasteiger partial charge in [-0.1, -0.05) is 51.6 Å². The molecule has 4 heteroatoms. The normalized spacial score (nSPS) is 12.8. The smallest absolute Gasteiger partial charge is 0.0612 e. The molecular weight excluding hydrogens is 403 g/mol. The molecule has 0 N–H and O–H groups in total. The lowest BCUT2D eigenvalue weighted by molar-refractivity contribution is 0.256. The minimum atomic E-state index is -1.87. The van der Waals surface area contributed by atoms with Gasteiger partial charge in [-0.05, 0) is 86.3 Å². The Morgan fingerprint density at radius 1 is 0.600 bits per heavy atom. The summed E-state index contributed by atoms with van der Waals surface area (Å²) in [4.78, 5) is 2.68. The van der Waals surface area contributed by atoms with E-state index in [1.807, 2.05) is 0 Å². The molecule has 2 rings (SSSR count). The summed E-state index contributed by atoms with van der Waals surface area (Å²) in [5.41, 5.74) is 0. The van der Waals surface area contributed by atoms with Crippen LogP contribution in [0.3, 0.4) is 0 Å². The molecule has 0 saturated heterocycles. The van der Waals surface area contributed by atoms with Crippen molar-refractivity contribution < 1.29 is 0 Å². The standard InChI is InChI=1S/C26H41N2PS/c1-21(2)27(22(3)4)29(9,28(23(5)6)24(7)8)20-30(25-16-12-10-13-17-25)26-18-14-11-15-19-26/h10-19,21-24H,1-9H3. The minimum Gasteiger partial charge on any atom is -0.261 e. The van der Waals surface area contributed by atoms with Gasteiger partial charge in [0.05, 0.1) is 7.19 Å². The molecular formula is C26H41N2PS. The van der Waals surface area contributed by atoms with Crippen LogP contribution in [0.25, 0.3) is 0 Å². The van der Waals surface area contributed by atoms with Crippen LogP contribution in [-0.4, -0.2) is 44.9 Å². The van der Waals surface area contributed by atoms with Gasteiger partial charge in [0, 0.05) is 34.0 Å². The monoisotopic (exact) mass is 444 g/mol.